The molecule has 0 atom stereocenters. The fourth-order valence-corrected chi connectivity index (χ4v) is 3.28. The first-order valence-corrected chi connectivity index (χ1v) is 11.7. The minimum atomic E-state index is -0.457. The first-order valence-electron chi connectivity index (χ1n) is 11.3. The lowest BCUT2D eigenvalue weighted by molar-refractivity contribution is -0.123. The van der Waals surface area contributed by atoms with Crippen molar-refractivity contribution in [3.8, 4) is 22.6 Å². The molecule has 0 bridgehead atoms. The summed E-state index contributed by atoms with van der Waals surface area (Å²) in [6.07, 6.45) is 0.875. The summed E-state index contributed by atoms with van der Waals surface area (Å²) in [5.74, 6) is 0.653. The van der Waals surface area contributed by atoms with Gasteiger partial charge in [0, 0.05) is 5.56 Å². The van der Waals surface area contributed by atoms with Crippen molar-refractivity contribution in [2.24, 2.45) is 5.92 Å². The number of ether oxygens (including phenoxy) is 2. The molecule has 182 valence electrons. The Morgan fingerprint density at radius 3 is 2.23 bits per heavy atom. The van der Waals surface area contributed by atoms with Gasteiger partial charge in [0.25, 0.3) is 11.8 Å². The summed E-state index contributed by atoms with van der Waals surface area (Å²) in [6.45, 7) is 4.48. The van der Waals surface area contributed by atoms with Gasteiger partial charge >= 0.3 is 0 Å². The zero-order chi connectivity index (χ0) is 25.0. The van der Waals surface area contributed by atoms with Crippen LogP contribution >= 0.6 is 12.2 Å². The Morgan fingerprint density at radius 2 is 1.49 bits per heavy atom. The predicted octanol–water partition coefficient (Wildman–Crippen LogP) is 4.49. The van der Waals surface area contributed by atoms with Gasteiger partial charge in [0.1, 0.15) is 11.5 Å². The fraction of sp³-hybridized carbons (Fsp3) is 0.222. The largest absolute Gasteiger partial charge is 0.493 e. The highest BCUT2D eigenvalue weighted by atomic mass is 32.1. The van der Waals surface area contributed by atoms with Crippen LogP contribution in [0.1, 0.15) is 30.6 Å². The van der Waals surface area contributed by atoms with Crippen LogP contribution in [0.25, 0.3) is 11.1 Å². The van der Waals surface area contributed by atoms with Crippen LogP contribution in [0, 0.1) is 5.92 Å². The molecular formula is C27H29N3O4S. The minimum absolute atomic E-state index is 0.0509. The lowest BCUT2D eigenvalue weighted by atomic mass is 10.1. The van der Waals surface area contributed by atoms with Crippen LogP contribution in [0.15, 0.2) is 78.9 Å². The van der Waals surface area contributed by atoms with Gasteiger partial charge in [-0.3, -0.25) is 25.8 Å². The number of amides is 2. The second-order valence-electron chi connectivity index (χ2n) is 8.13. The maximum absolute atomic E-state index is 12.6. The Bertz CT molecular complexity index is 1150. The Balaban J connectivity index is 1.48. The third kappa shape index (κ3) is 8.12. The number of para-hydroxylation sites is 2. The lowest BCUT2D eigenvalue weighted by Crippen LogP contribution is -2.49. The molecule has 0 unspecified atom stereocenters. The van der Waals surface area contributed by atoms with Crippen LogP contribution in [-0.2, 0) is 4.79 Å². The lowest BCUT2D eigenvalue weighted by Gasteiger charge is -2.14. The summed E-state index contributed by atoms with van der Waals surface area (Å²) < 4.78 is 11.5. The molecule has 0 fully saturated rings. The molecule has 3 aromatic carbocycles. The van der Waals surface area contributed by atoms with Crippen molar-refractivity contribution in [3.05, 3.63) is 84.4 Å². The van der Waals surface area contributed by atoms with Crippen molar-refractivity contribution in [3.63, 3.8) is 0 Å². The van der Waals surface area contributed by atoms with E-state index in [9.17, 15) is 9.59 Å². The average molecular weight is 492 g/mol. The van der Waals surface area contributed by atoms with E-state index in [1.165, 1.54) is 0 Å². The monoisotopic (exact) mass is 491 g/mol. The zero-order valence-electron chi connectivity index (χ0n) is 19.7. The SMILES string of the molecule is CC(C)CCOc1ccccc1C(=O)NC(=S)NNC(=O)COc1ccccc1-c1ccccc1. The van der Waals surface area contributed by atoms with Gasteiger partial charge in [-0.15, -0.1) is 0 Å². The quantitative estimate of drug-likeness (QED) is 0.302. The molecule has 0 saturated heterocycles. The highest BCUT2D eigenvalue weighted by molar-refractivity contribution is 7.80. The standard InChI is InChI=1S/C27H29N3O4S/c1-19(2)16-17-33-24-15-9-7-13-22(24)26(32)28-27(35)30-29-25(31)18-34-23-14-8-6-12-21(23)20-10-4-3-5-11-20/h3-15,19H,16-18H2,1-2H3,(H,29,31)(H2,28,30,32,35). The Morgan fingerprint density at radius 1 is 0.829 bits per heavy atom. The van der Waals surface area contributed by atoms with Gasteiger partial charge in [-0.25, -0.2) is 0 Å². The average Bonchev–Trinajstić information content (AvgIpc) is 2.87. The molecule has 3 aromatic rings. The van der Waals surface area contributed by atoms with Crippen LogP contribution in [0.2, 0.25) is 0 Å². The number of rotatable bonds is 9. The normalized spacial score (nSPS) is 10.4. The molecule has 8 heteroatoms. The van der Waals surface area contributed by atoms with Gasteiger partial charge in [-0.2, -0.15) is 0 Å². The van der Waals surface area contributed by atoms with Gasteiger partial charge in [0.15, 0.2) is 11.7 Å². The molecule has 0 spiro atoms. The molecule has 2 amide bonds. The molecule has 0 aliphatic carbocycles. The fourth-order valence-electron chi connectivity index (χ4n) is 3.14. The van der Waals surface area contributed by atoms with Gasteiger partial charge in [-0.1, -0.05) is 74.5 Å². The summed E-state index contributed by atoms with van der Waals surface area (Å²) in [6, 6.07) is 24.2. The maximum Gasteiger partial charge on any atom is 0.276 e. The number of thiocarbonyl (C=S) groups is 1. The first-order chi connectivity index (χ1) is 16.9. The van der Waals surface area contributed by atoms with Gasteiger partial charge < -0.3 is 9.47 Å². The van der Waals surface area contributed by atoms with Crippen LogP contribution < -0.4 is 25.6 Å². The first kappa shape index (κ1) is 25.7. The van der Waals surface area contributed by atoms with E-state index in [0.29, 0.717) is 29.6 Å². The Kier molecular flexibility index (Phi) is 9.62. The molecule has 0 radical (unpaired) electrons. The second kappa shape index (κ2) is 13.1. The molecule has 0 saturated carbocycles. The highest BCUT2D eigenvalue weighted by Crippen LogP contribution is 2.29. The van der Waals surface area contributed by atoms with Crippen molar-refractivity contribution < 1.29 is 19.1 Å². The van der Waals surface area contributed by atoms with Crippen molar-refractivity contribution >= 4 is 29.1 Å². The molecular weight excluding hydrogens is 462 g/mol. The molecule has 3 N–H and O–H groups in total. The van der Waals surface area contributed by atoms with E-state index in [2.05, 4.69) is 30.0 Å². The smallest absolute Gasteiger partial charge is 0.276 e. The van der Waals surface area contributed by atoms with E-state index in [1.807, 2.05) is 48.5 Å². The maximum atomic E-state index is 12.6. The zero-order valence-corrected chi connectivity index (χ0v) is 20.6. The second-order valence-corrected chi connectivity index (χ2v) is 8.54. The number of nitrogens with one attached hydrogen (secondary N) is 3. The third-order valence-electron chi connectivity index (χ3n) is 4.96. The predicted molar refractivity (Wildman–Crippen MR) is 140 cm³/mol. The van der Waals surface area contributed by atoms with Crippen LogP contribution in [0.4, 0.5) is 0 Å². The van der Waals surface area contributed by atoms with Crippen LogP contribution in [0.5, 0.6) is 11.5 Å². The number of carbonyl (C=O) groups excluding carboxylic acids is 2. The van der Waals surface area contributed by atoms with E-state index in [-0.39, 0.29) is 11.7 Å². The molecule has 35 heavy (non-hydrogen) atoms. The van der Waals surface area contributed by atoms with Crippen molar-refractivity contribution in [2.75, 3.05) is 13.2 Å². The molecule has 0 aliphatic heterocycles. The minimum Gasteiger partial charge on any atom is -0.493 e. The van der Waals surface area contributed by atoms with E-state index >= 15 is 0 Å². The Labute approximate surface area is 210 Å². The molecule has 7 nitrogen and oxygen atoms in total. The van der Waals surface area contributed by atoms with Gasteiger partial charge in [-0.05, 0) is 48.3 Å². The Hall–Kier alpha value is -3.91. The van der Waals surface area contributed by atoms with E-state index in [0.717, 1.165) is 17.5 Å². The number of hydrogen-bond donors (Lipinski definition) is 3. The molecule has 0 aliphatic rings. The number of hydrogen-bond acceptors (Lipinski definition) is 5. The van der Waals surface area contributed by atoms with E-state index in [1.54, 1.807) is 30.3 Å². The summed E-state index contributed by atoms with van der Waals surface area (Å²) in [4.78, 5) is 24.9. The number of benzene rings is 3. The van der Waals surface area contributed by atoms with E-state index < -0.39 is 11.8 Å². The van der Waals surface area contributed by atoms with Crippen molar-refractivity contribution in [1.82, 2.24) is 16.2 Å². The topological polar surface area (TPSA) is 88.7 Å². The molecule has 0 heterocycles. The summed E-state index contributed by atoms with van der Waals surface area (Å²) in [5.41, 5.74) is 7.17. The summed E-state index contributed by atoms with van der Waals surface area (Å²) in [5, 5.41) is 2.49. The van der Waals surface area contributed by atoms with Gasteiger partial charge in [0.2, 0.25) is 0 Å². The summed E-state index contributed by atoms with van der Waals surface area (Å²) in [7, 11) is 0. The van der Waals surface area contributed by atoms with Crippen LogP contribution in [-0.4, -0.2) is 30.1 Å². The van der Waals surface area contributed by atoms with Gasteiger partial charge in [0.05, 0.1) is 12.2 Å². The third-order valence-corrected chi connectivity index (χ3v) is 5.16. The van der Waals surface area contributed by atoms with Crippen LogP contribution in [0.3, 0.4) is 0 Å². The number of carbonyl (C=O) groups is 2. The van der Waals surface area contributed by atoms with Crippen molar-refractivity contribution in [1.29, 1.82) is 0 Å². The van der Waals surface area contributed by atoms with E-state index in [4.69, 9.17) is 21.7 Å². The summed E-state index contributed by atoms with van der Waals surface area (Å²) >= 11 is 5.14. The molecule has 0 aromatic heterocycles. The van der Waals surface area contributed by atoms with Crippen molar-refractivity contribution in [2.45, 2.75) is 20.3 Å². The highest BCUT2D eigenvalue weighted by Gasteiger charge is 2.14. The number of hydrazine groups is 1. The molecule has 3 rings (SSSR count).